The van der Waals surface area contributed by atoms with Gasteiger partial charge in [0.05, 0.1) is 18.7 Å². The van der Waals surface area contributed by atoms with E-state index in [9.17, 15) is 14.4 Å². The Morgan fingerprint density at radius 1 is 1.35 bits per heavy atom. The predicted octanol–water partition coefficient (Wildman–Crippen LogP) is 1.08. The van der Waals surface area contributed by atoms with Crippen LogP contribution in [0, 0.1) is 0 Å². The number of hydrogen-bond donors (Lipinski definition) is 1. The van der Waals surface area contributed by atoms with E-state index in [0.29, 0.717) is 24.0 Å². The summed E-state index contributed by atoms with van der Waals surface area (Å²) in [5.74, 6) is -0.836. The van der Waals surface area contributed by atoms with Crippen LogP contribution in [0.5, 0.6) is 0 Å². The fraction of sp³-hybridized carbons (Fsp3) is 0.357. The molecule has 0 atom stereocenters. The van der Waals surface area contributed by atoms with Crippen molar-refractivity contribution in [2.45, 2.75) is 26.8 Å². The molecule has 0 unspecified atom stereocenters. The zero-order chi connectivity index (χ0) is 16.8. The van der Waals surface area contributed by atoms with Gasteiger partial charge in [-0.25, -0.2) is 9.67 Å². The Hall–Kier alpha value is -2.55. The number of carbonyl (C=O) groups excluding carboxylic acids is 2. The number of anilines is 1. The molecule has 2 aromatic heterocycles. The molecule has 8 nitrogen and oxygen atoms in total. The summed E-state index contributed by atoms with van der Waals surface area (Å²) in [5.41, 5.74) is 0.374. The topological polar surface area (TPSA) is 103 Å². The van der Waals surface area contributed by atoms with Crippen molar-refractivity contribution in [1.29, 1.82) is 0 Å². The summed E-state index contributed by atoms with van der Waals surface area (Å²) in [6, 6.07) is 2.65. The second-order valence-corrected chi connectivity index (χ2v) is 5.31. The molecule has 0 bridgehead atoms. The molecule has 2 rings (SSSR count). The third kappa shape index (κ3) is 4.46. The van der Waals surface area contributed by atoms with Crippen molar-refractivity contribution in [2.24, 2.45) is 0 Å². The number of carbonyl (C=O) groups is 2. The molecule has 0 saturated heterocycles. The lowest BCUT2D eigenvalue weighted by molar-refractivity contribution is -0.142. The second-order valence-electron chi connectivity index (χ2n) is 4.45. The normalized spacial score (nSPS) is 10.3. The highest BCUT2D eigenvalue weighted by Crippen LogP contribution is 2.16. The van der Waals surface area contributed by atoms with Crippen LogP contribution in [0.1, 0.15) is 30.0 Å². The Morgan fingerprint density at radius 2 is 2.13 bits per heavy atom. The number of amides is 1. The minimum Gasteiger partial charge on any atom is -0.466 e. The van der Waals surface area contributed by atoms with Crippen LogP contribution in [0.25, 0.3) is 0 Å². The van der Waals surface area contributed by atoms with E-state index in [1.165, 1.54) is 28.2 Å². The van der Waals surface area contributed by atoms with Gasteiger partial charge in [-0.15, -0.1) is 11.3 Å². The zero-order valence-corrected chi connectivity index (χ0v) is 13.6. The summed E-state index contributed by atoms with van der Waals surface area (Å²) in [7, 11) is 0. The maximum Gasteiger partial charge on any atom is 0.311 e. The molecular formula is C14H16N4O4S. The first kappa shape index (κ1) is 16.8. The van der Waals surface area contributed by atoms with Gasteiger partial charge in [-0.1, -0.05) is 0 Å². The molecule has 0 aliphatic heterocycles. The predicted molar refractivity (Wildman–Crippen MR) is 84.6 cm³/mol. The molecule has 122 valence electrons. The smallest absolute Gasteiger partial charge is 0.311 e. The molecule has 2 heterocycles. The second kappa shape index (κ2) is 7.63. The number of nitrogens with one attached hydrogen (secondary N) is 1. The average molecular weight is 336 g/mol. The van der Waals surface area contributed by atoms with Crippen LogP contribution in [0.2, 0.25) is 0 Å². The molecule has 9 heteroatoms. The number of thiazole rings is 1. The van der Waals surface area contributed by atoms with Gasteiger partial charge in [0.2, 0.25) is 0 Å². The molecule has 0 spiro atoms. The van der Waals surface area contributed by atoms with Gasteiger partial charge >= 0.3 is 5.97 Å². The van der Waals surface area contributed by atoms with Gasteiger partial charge < -0.3 is 4.74 Å². The number of rotatable bonds is 6. The van der Waals surface area contributed by atoms with Crippen molar-refractivity contribution in [1.82, 2.24) is 14.8 Å². The summed E-state index contributed by atoms with van der Waals surface area (Å²) in [5, 5.41) is 8.58. The lowest BCUT2D eigenvalue weighted by Crippen LogP contribution is -2.25. The number of hydrogen-bond acceptors (Lipinski definition) is 7. The fourth-order valence-electron chi connectivity index (χ4n) is 1.76. The van der Waals surface area contributed by atoms with Crippen molar-refractivity contribution in [3.63, 3.8) is 0 Å². The largest absolute Gasteiger partial charge is 0.466 e. The minimum absolute atomic E-state index is 0.0547. The van der Waals surface area contributed by atoms with Crippen LogP contribution >= 0.6 is 11.3 Å². The molecule has 0 aromatic carbocycles. The van der Waals surface area contributed by atoms with Crippen LogP contribution in [0.4, 0.5) is 5.13 Å². The first-order valence-electron chi connectivity index (χ1n) is 7.03. The number of ether oxygens (including phenoxy) is 1. The molecular weight excluding hydrogens is 320 g/mol. The third-order valence-corrected chi connectivity index (χ3v) is 3.61. The summed E-state index contributed by atoms with van der Waals surface area (Å²) in [6.45, 7) is 4.18. The van der Waals surface area contributed by atoms with Crippen molar-refractivity contribution in [3.8, 4) is 0 Å². The summed E-state index contributed by atoms with van der Waals surface area (Å²) >= 11 is 1.20. The Bertz CT molecular complexity index is 768. The van der Waals surface area contributed by atoms with Gasteiger partial charge in [-0.2, -0.15) is 5.10 Å². The van der Waals surface area contributed by atoms with Gasteiger partial charge in [0, 0.05) is 18.0 Å². The highest BCUT2D eigenvalue weighted by Gasteiger charge is 2.13. The van der Waals surface area contributed by atoms with Crippen LogP contribution in [-0.4, -0.2) is 33.2 Å². The van der Waals surface area contributed by atoms with E-state index < -0.39 is 5.91 Å². The van der Waals surface area contributed by atoms with Crippen LogP contribution in [-0.2, 0) is 22.5 Å². The Morgan fingerprint density at radius 3 is 2.83 bits per heavy atom. The Kier molecular flexibility index (Phi) is 5.58. The maximum atomic E-state index is 12.1. The lowest BCUT2D eigenvalue weighted by atomic mass is 10.3. The molecule has 23 heavy (non-hydrogen) atoms. The quantitative estimate of drug-likeness (QED) is 0.792. The molecule has 0 fully saturated rings. The lowest BCUT2D eigenvalue weighted by Gasteiger charge is -2.04. The molecule has 0 radical (unpaired) electrons. The van der Waals surface area contributed by atoms with E-state index in [1.807, 2.05) is 0 Å². The standard InChI is InChI=1S/C14H16N4O4S/c1-3-18-11(19)6-5-10(17-18)13(21)16-14-15-9(8-23-14)7-12(20)22-4-2/h5-6,8H,3-4,7H2,1-2H3,(H,15,16,21). The SMILES string of the molecule is CCOC(=O)Cc1csc(NC(=O)c2ccc(=O)n(CC)n2)n1. The van der Waals surface area contributed by atoms with Crippen molar-refractivity contribution in [2.75, 3.05) is 11.9 Å². The molecule has 0 saturated carbocycles. The van der Waals surface area contributed by atoms with Crippen LogP contribution in [0.15, 0.2) is 22.3 Å². The van der Waals surface area contributed by atoms with Crippen molar-refractivity contribution in [3.05, 3.63) is 39.3 Å². The third-order valence-electron chi connectivity index (χ3n) is 2.80. The van der Waals surface area contributed by atoms with E-state index in [2.05, 4.69) is 15.4 Å². The average Bonchev–Trinajstić information content (AvgIpc) is 2.94. The van der Waals surface area contributed by atoms with Crippen molar-refractivity contribution < 1.29 is 14.3 Å². The Labute approximate surface area is 136 Å². The monoisotopic (exact) mass is 336 g/mol. The Balaban J connectivity index is 2.04. The molecule has 1 N–H and O–H groups in total. The van der Waals surface area contributed by atoms with E-state index >= 15 is 0 Å². The van der Waals surface area contributed by atoms with Crippen LogP contribution < -0.4 is 10.9 Å². The maximum absolute atomic E-state index is 12.1. The van der Waals surface area contributed by atoms with Gasteiger partial charge in [-0.3, -0.25) is 19.7 Å². The molecule has 0 aliphatic carbocycles. The fourth-order valence-corrected chi connectivity index (χ4v) is 2.47. The van der Waals surface area contributed by atoms with Gasteiger partial charge in [-0.05, 0) is 19.9 Å². The molecule has 2 aromatic rings. The van der Waals surface area contributed by atoms with Gasteiger partial charge in [0.15, 0.2) is 5.13 Å². The first-order valence-corrected chi connectivity index (χ1v) is 7.91. The van der Waals surface area contributed by atoms with E-state index in [0.717, 1.165) is 0 Å². The van der Waals surface area contributed by atoms with E-state index in [4.69, 9.17) is 4.74 Å². The first-order chi connectivity index (χ1) is 11.0. The highest BCUT2D eigenvalue weighted by molar-refractivity contribution is 7.14. The number of aromatic nitrogens is 3. The number of nitrogens with zero attached hydrogens (tertiary/aromatic N) is 3. The number of esters is 1. The summed E-state index contributed by atoms with van der Waals surface area (Å²) in [6.07, 6.45) is 0.0547. The molecule has 1 amide bonds. The van der Waals surface area contributed by atoms with Gasteiger partial charge in [0.1, 0.15) is 5.69 Å². The van der Waals surface area contributed by atoms with Crippen LogP contribution in [0.3, 0.4) is 0 Å². The van der Waals surface area contributed by atoms with Gasteiger partial charge in [0.25, 0.3) is 11.5 Å². The molecule has 0 aliphatic rings. The summed E-state index contributed by atoms with van der Waals surface area (Å²) in [4.78, 5) is 39.1. The highest BCUT2D eigenvalue weighted by atomic mass is 32.1. The van der Waals surface area contributed by atoms with E-state index in [-0.39, 0.29) is 23.6 Å². The van der Waals surface area contributed by atoms with Crippen molar-refractivity contribution >= 4 is 28.3 Å². The zero-order valence-electron chi connectivity index (χ0n) is 12.7. The van der Waals surface area contributed by atoms with E-state index in [1.54, 1.807) is 19.2 Å². The summed E-state index contributed by atoms with van der Waals surface area (Å²) < 4.78 is 6.04. The number of aryl methyl sites for hydroxylation is 1. The minimum atomic E-state index is -0.468.